The molecule has 32 heavy (non-hydrogen) atoms. The SMILES string of the molecule is Cc1cc(N2C(=O)c3oc4c(ccc5ccccc54)c(=O)c3C2c2ccccc2F)no1. The zero-order valence-corrected chi connectivity index (χ0v) is 16.8. The number of rotatable bonds is 2. The summed E-state index contributed by atoms with van der Waals surface area (Å²) in [4.78, 5) is 28.5. The molecule has 1 amide bonds. The molecule has 1 atom stereocenters. The molecule has 0 bridgehead atoms. The van der Waals surface area contributed by atoms with Gasteiger partial charge in [-0.3, -0.25) is 14.5 Å². The number of benzene rings is 3. The topological polar surface area (TPSA) is 76.6 Å². The van der Waals surface area contributed by atoms with Crippen molar-refractivity contribution >= 4 is 33.5 Å². The van der Waals surface area contributed by atoms with Gasteiger partial charge >= 0.3 is 0 Å². The van der Waals surface area contributed by atoms with Crippen molar-refractivity contribution < 1.29 is 18.1 Å². The molecule has 1 unspecified atom stereocenters. The van der Waals surface area contributed by atoms with Crippen molar-refractivity contribution in [2.45, 2.75) is 13.0 Å². The molecule has 3 heterocycles. The summed E-state index contributed by atoms with van der Waals surface area (Å²) in [5.74, 6) is -0.574. The van der Waals surface area contributed by atoms with Crippen molar-refractivity contribution in [1.29, 1.82) is 0 Å². The van der Waals surface area contributed by atoms with Gasteiger partial charge < -0.3 is 8.94 Å². The quantitative estimate of drug-likeness (QED) is 0.366. The first-order valence-corrected chi connectivity index (χ1v) is 10.0. The van der Waals surface area contributed by atoms with Crippen molar-refractivity contribution in [1.82, 2.24) is 5.16 Å². The van der Waals surface area contributed by atoms with E-state index < -0.39 is 17.8 Å². The van der Waals surface area contributed by atoms with Crippen molar-refractivity contribution in [3.8, 4) is 0 Å². The summed E-state index contributed by atoms with van der Waals surface area (Å²) < 4.78 is 26.1. The number of amides is 1. The Bertz CT molecular complexity index is 1620. The average Bonchev–Trinajstić information content (AvgIpc) is 3.35. The highest BCUT2D eigenvalue weighted by Gasteiger charge is 2.45. The first-order chi connectivity index (χ1) is 15.5. The summed E-state index contributed by atoms with van der Waals surface area (Å²) >= 11 is 0. The van der Waals surface area contributed by atoms with Crippen LogP contribution in [-0.2, 0) is 0 Å². The van der Waals surface area contributed by atoms with Crippen LogP contribution in [0.15, 0.2) is 80.5 Å². The molecule has 0 radical (unpaired) electrons. The van der Waals surface area contributed by atoms with E-state index in [1.54, 1.807) is 37.3 Å². The van der Waals surface area contributed by atoms with Crippen LogP contribution in [0.3, 0.4) is 0 Å². The second-order valence-electron chi connectivity index (χ2n) is 7.73. The Balaban J connectivity index is 1.71. The highest BCUT2D eigenvalue weighted by atomic mass is 19.1. The van der Waals surface area contributed by atoms with Crippen molar-refractivity contribution in [3.63, 3.8) is 0 Å². The number of hydrogen-bond donors (Lipinski definition) is 0. The van der Waals surface area contributed by atoms with E-state index in [0.29, 0.717) is 16.7 Å². The molecule has 0 N–H and O–H groups in total. The molecule has 1 aliphatic rings. The number of carbonyl (C=O) groups excluding carboxylic acids is 1. The molecule has 7 heteroatoms. The molecule has 0 spiro atoms. The van der Waals surface area contributed by atoms with E-state index >= 15 is 0 Å². The van der Waals surface area contributed by atoms with Crippen molar-refractivity contribution in [3.05, 3.63) is 105 Å². The molecule has 0 saturated heterocycles. The summed E-state index contributed by atoms with van der Waals surface area (Å²) in [5, 5.41) is 5.87. The Hall–Kier alpha value is -4.26. The van der Waals surface area contributed by atoms with Gasteiger partial charge in [0.1, 0.15) is 17.2 Å². The van der Waals surface area contributed by atoms with E-state index in [1.807, 2.05) is 30.3 Å². The minimum Gasteiger partial charge on any atom is -0.450 e. The van der Waals surface area contributed by atoms with Crippen LogP contribution in [0, 0.1) is 12.7 Å². The van der Waals surface area contributed by atoms with Gasteiger partial charge in [0.2, 0.25) is 5.76 Å². The predicted molar refractivity (Wildman–Crippen MR) is 116 cm³/mol. The summed E-state index contributed by atoms with van der Waals surface area (Å²) in [5.41, 5.74) is 0.207. The fourth-order valence-corrected chi connectivity index (χ4v) is 4.39. The molecular weight excluding hydrogens is 411 g/mol. The molecule has 0 saturated carbocycles. The number of hydrogen-bond acceptors (Lipinski definition) is 5. The second-order valence-corrected chi connectivity index (χ2v) is 7.73. The molecule has 6 nitrogen and oxygen atoms in total. The van der Waals surface area contributed by atoms with E-state index in [2.05, 4.69) is 5.16 Å². The third-order valence-electron chi connectivity index (χ3n) is 5.82. The van der Waals surface area contributed by atoms with Crippen LogP contribution < -0.4 is 10.3 Å². The zero-order chi connectivity index (χ0) is 22.0. The highest BCUT2D eigenvalue weighted by Crippen LogP contribution is 2.42. The molecule has 2 aromatic heterocycles. The first-order valence-electron chi connectivity index (χ1n) is 10.0. The van der Waals surface area contributed by atoms with Crippen LogP contribution in [0.1, 0.15) is 33.5 Å². The lowest BCUT2D eigenvalue weighted by Crippen LogP contribution is -2.30. The van der Waals surface area contributed by atoms with Crippen LogP contribution in [0.25, 0.3) is 21.7 Å². The lowest BCUT2D eigenvalue weighted by Gasteiger charge is -2.22. The van der Waals surface area contributed by atoms with E-state index in [1.165, 1.54) is 11.0 Å². The molecule has 6 rings (SSSR count). The Kier molecular flexibility index (Phi) is 3.83. The standard InChI is InChI=1S/C25H15FN2O4/c1-13-12-19(27-32-13)28-21(16-8-4-5-9-18(16)26)20-22(29)17-11-10-14-6-2-3-7-15(14)23(17)31-24(20)25(28)30/h2-12,21H,1H3. The van der Waals surface area contributed by atoms with Crippen LogP contribution in [0.2, 0.25) is 0 Å². The third-order valence-corrected chi connectivity index (χ3v) is 5.82. The van der Waals surface area contributed by atoms with E-state index in [9.17, 15) is 14.0 Å². The van der Waals surface area contributed by atoms with Gasteiger partial charge in [-0.1, -0.05) is 53.7 Å². The minimum absolute atomic E-state index is 0.0866. The van der Waals surface area contributed by atoms with Gasteiger partial charge in [-0.15, -0.1) is 0 Å². The summed E-state index contributed by atoms with van der Waals surface area (Å²) in [6, 6.07) is 17.5. The summed E-state index contributed by atoms with van der Waals surface area (Å²) in [7, 11) is 0. The van der Waals surface area contributed by atoms with Crippen LogP contribution in [0.4, 0.5) is 10.2 Å². The smallest absolute Gasteiger partial charge is 0.296 e. The first kappa shape index (κ1) is 18.5. The van der Waals surface area contributed by atoms with Gasteiger partial charge in [-0.05, 0) is 24.4 Å². The molecular formula is C25H15FN2O4. The number of fused-ring (bicyclic) bond motifs is 4. The number of nitrogens with zero attached hydrogens (tertiary/aromatic N) is 2. The normalized spacial score (nSPS) is 15.6. The van der Waals surface area contributed by atoms with Crippen LogP contribution >= 0.6 is 0 Å². The molecule has 0 fully saturated rings. The summed E-state index contributed by atoms with van der Waals surface area (Å²) in [6.07, 6.45) is 0. The third kappa shape index (κ3) is 2.48. The maximum absolute atomic E-state index is 14.9. The fraction of sp³-hybridized carbons (Fsp3) is 0.0800. The average molecular weight is 426 g/mol. The van der Waals surface area contributed by atoms with Gasteiger partial charge in [0.15, 0.2) is 11.2 Å². The maximum Gasteiger partial charge on any atom is 0.296 e. The van der Waals surface area contributed by atoms with E-state index in [-0.39, 0.29) is 28.1 Å². The molecule has 5 aromatic rings. The van der Waals surface area contributed by atoms with Gasteiger partial charge in [0.05, 0.1) is 17.0 Å². The predicted octanol–water partition coefficient (Wildman–Crippen LogP) is 5.13. The Labute approximate surface area is 180 Å². The van der Waals surface area contributed by atoms with Crippen molar-refractivity contribution in [2.75, 3.05) is 4.90 Å². The van der Waals surface area contributed by atoms with Gasteiger partial charge in [-0.2, -0.15) is 0 Å². The Morgan fingerprint density at radius 3 is 2.53 bits per heavy atom. The lowest BCUT2D eigenvalue weighted by molar-refractivity contribution is 0.0969. The lowest BCUT2D eigenvalue weighted by atomic mass is 9.97. The fourth-order valence-electron chi connectivity index (χ4n) is 4.39. The number of aromatic nitrogens is 1. The number of halogens is 1. The number of anilines is 1. The molecule has 0 aliphatic carbocycles. The zero-order valence-electron chi connectivity index (χ0n) is 16.8. The Morgan fingerprint density at radius 2 is 1.75 bits per heavy atom. The van der Waals surface area contributed by atoms with Crippen LogP contribution in [-0.4, -0.2) is 11.1 Å². The Morgan fingerprint density at radius 1 is 0.969 bits per heavy atom. The molecule has 1 aliphatic heterocycles. The number of aryl methyl sites for hydroxylation is 1. The van der Waals surface area contributed by atoms with Gasteiger partial charge in [0.25, 0.3) is 5.91 Å². The molecule has 156 valence electrons. The monoisotopic (exact) mass is 426 g/mol. The van der Waals surface area contributed by atoms with Crippen LogP contribution in [0.5, 0.6) is 0 Å². The molecule has 3 aromatic carbocycles. The van der Waals surface area contributed by atoms with Gasteiger partial charge in [0, 0.05) is 17.0 Å². The largest absolute Gasteiger partial charge is 0.450 e. The van der Waals surface area contributed by atoms with E-state index in [4.69, 9.17) is 8.94 Å². The number of carbonyl (C=O) groups is 1. The maximum atomic E-state index is 14.9. The second kappa shape index (κ2) is 6.62. The van der Waals surface area contributed by atoms with Crippen molar-refractivity contribution in [2.24, 2.45) is 0 Å². The highest BCUT2D eigenvalue weighted by molar-refractivity contribution is 6.12. The minimum atomic E-state index is -1.03. The van der Waals surface area contributed by atoms with E-state index in [0.717, 1.165) is 10.8 Å². The summed E-state index contributed by atoms with van der Waals surface area (Å²) in [6.45, 7) is 1.69. The van der Waals surface area contributed by atoms with Gasteiger partial charge in [-0.25, -0.2) is 4.39 Å².